The molecule has 0 saturated carbocycles. The summed E-state index contributed by atoms with van der Waals surface area (Å²) in [5.74, 6) is 0.673. The number of hydrogen-bond donors (Lipinski definition) is 0. The van der Waals surface area contributed by atoms with E-state index in [1.54, 1.807) is 0 Å². The van der Waals surface area contributed by atoms with Gasteiger partial charge in [0.25, 0.3) is 0 Å². The van der Waals surface area contributed by atoms with Gasteiger partial charge < -0.3 is 9.47 Å². The Morgan fingerprint density at radius 2 is 1.31 bits per heavy atom. The van der Waals surface area contributed by atoms with E-state index < -0.39 is 6.16 Å². The van der Waals surface area contributed by atoms with Crippen LogP contribution in [0, 0.1) is 0 Å². The van der Waals surface area contributed by atoms with Gasteiger partial charge in [-0.3, -0.25) is 0 Å². The zero-order chi connectivity index (χ0) is 25.1. The fourth-order valence-corrected chi connectivity index (χ4v) is 4.64. The molecule has 2 aromatic carbocycles. The molecule has 0 aliphatic carbocycles. The zero-order valence-corrected chi connectivity index (χ0v) is 22.5. The first-order valence-corrected chi connectivity index (χ1v) is 14.2. The third-order valence-electron chi connectivity index (χ3n) is 6.73. The van der Waals surface area contributed by atoms with Crippen LogP contribution >= 0.6 is 0 Å². The molecule has 3 nitrogen and oxygen atoms in total. The summed E-state index contributed by atoms with van der Waals surface area (Å²) >= 11 is 0. The topological polar surface area (TPSA) is 35.5 Å². The molecule has 2 aromatic rings. The minimum Gasteiger partial charge on any atom is -0.426 e. The molecule has 0 aromatic heterocycles. The van der Waals surface area contributed by atoms with Gasteiger partial charge in [0.05, 0.1) is 0 Å². The Balaban J connectivity index is 2.07. The number of unbranched alkanes of at least 4 members (excludes halogenated alkanes) is 9. The molecule has 194 valence electrons. The number of benzene rings is 2. The molecule has 2 rings (SSSR count). The second kappa shape index (κ2) is 18.0. The van der Waals surface area contributed by atoms with Crippen LogP contribution in [0.15, 0.2) is 48.5 Å². The molecule has 0 saturated heterocycles. The number of aryl methyl sites for hydroxylation is 1. The van der Waals surface area contributed by atoms with Crippen LogP contribution in [-0.2, 0) is 17.6 Å². The summed E-state index contributed by atoms with van der Waals surface area (Å²) in [7, 11) is 0. The zero-order valence-electron chi connectivity index (χ0n) is 22.5. The van der Waals surface area contributed by atoms with E-state index in [-0.39, 0.29) is 6.10 Å². The van der Waals surface area contributed by atoms with Gasteiger partial charge in [-0.15, -0.1) is 0 Å². The van der Waals surface area contributed by atoms with Gasteiger partial charge in [-0.05, 0) is 61.3 Å². The SMILES string of the molecule is CCCCCCCCC(OC(=O)Oc1cccc(CCCCC)c1CCCCC)c1ccccc1. The lowest BCUT2D eigenvalue weighted by Crippen LogP contribution is -2.16. The average molecular weight is 481 g/mol. The van der Waals surface area contributed by atoms with Crippen molar-refractivity contribution >= 4 is 6.16 Å². The molecule has 3 heteroatoms. The smallest absolute Gasteiger partial charge is 0.426 e. The van der Waals surface area contributed by atoms with Crippen LogP contribution in [0.25, 0.3) is 0 Å². The largest absolute Gasteiger partial charge is 0.514 e. The maximum atomic E-state index is 13.0. The summed E-state index contributed by atoms with van der Waals surface area (Å²) in [5.41, 5.74) is 3.53. The second-order valence-electron chi connectivity index (χ2n) is 9.73. The summed E-state index contributed by atoms with van der Waals surface area (Å²) < 4.78 is 11.8. The van der Waals surface area contributed by atoms with E-state index in [0.717, 1.165) is 37.7 Å². The van der Waals surface area contributed by atoms with Crippen molar-refractivity contribution < 1.29 is 14.3 Å². The number of hydrogen-bond acceptors (Lipinski definition) is 3. The van der Waals surface area contributed by atoms with E-state index in [2.05, 4.69) is 26.8 Å². The minimum absolute atomic E-state index is 0.272. The number of rotatable bonds is 18. The third kappa shape index (κ3) is 11.3. The van der Waals surface area contributed by atoms with E-state index in [1.807, 2.05) is 42.5 Å². The molecule has 0 bridgehead atoms. The van der Waals surface area contributed by atoms with Crippen LogP contribution in [0.4, 0.5) is 4.79 Å². The predicted octanol–water partition coefficient (Wildman–Crippen LogP) is 10.2. The molecule has 0 heterocycles. The van der Waals surface area contributed by atoms with Crippen LogP contribution in [0.3, 0.4) is 0 Å². The Morgan fingerprint density at radius 1 is 0.686 bits per heavy atom. The molecular formula is C32H48O3. The molecule has 0 aliphatic rings. The highest BCUT2D eigenvalue weighted by atomic mass is 16.7. The third-order valence-corrected chi connectivity index (χ3v) is 6.73. The average Bonchev–Trinajstić information content (AvgIpc) is 2.87. The molecule has 1 unspecified atom stereocenters. The summed E-state index contributed by atoms with van der Waals surface area (Å²) in [6.45, 7) is 6.68. The summed E-state index contributed by atoms with van der Waals surface area (Å²) in [6.07, 6.45) is 16.3. The van der Waals surface area contributed by atoms with Crippen LogP contribution in [0.2, 0.25) is 0 Å². The predicted molar refractivity (Wildman–Crippen MR) is 147 cm³/mol. The van der Waals surface area contributed by atoms with Crippen LogP contribution in [-0.4, -0.2) is 6.16 Å². The standard InChI is InChI=1S/C32H48O3/c1-4-7-10-11-12-18-25-30(28-21-16-13-17-22-28)34-32(33)35-31-26-19-23-27(20-14-8-5-2)29(31)24-15-9-6-3/h13,16-17,19,21-23,26,30H,4-12,14-15,18,20,24-25H2,1-3H3. The van der Waals surface area contributed by atoms with Crippen molar-refractivity contribution in [1.29, 1.82) is 0 Å². The first-order chi connectivity index (χ1) is 17.2. The number of carbonyl (C=O) groups is 1. The summed E-state index contributed by atoms with van der Waals surface area (Å²) in [6, 6.07) is 16.2. The van der Waals surface area contributed by atoms with E-state index in [0.29, 0.717) is 5.75 Å². The number of carbonyl (C=O) groups excluding carboxylic acids is 1. The van der Waals surface area contributed by atoms with Crippen molar-refractivity contribution in [2.45, 2.75) is 123 Å². The second-order valence-corrected chi connectivity index (χ2v) is 9.73. The summed E-state index contributed by atoms with van der Waals surface area (Å²) in [5, 5.41) is 0. The van der Waals surface area contributed by atoms with Gasteiger partial charge in [-0.1, -0.05) is 121 Å². The molecule has 0 radical (unpaired) electrons. The van der Waals surface area contributed by atoms with Crippen molar-refractivity contribution in [2.75, 3.05) is 0 Å². The van der Waals surface area contributed by atoms with E-state index in [4.69, 9.17) is 9.47 Å². The van der Waals surface area contributed by atoms with Gasteiger partial charge in [0.15, 0.2) is 0 Å². The quantitative estimate of drug-likeness (QED) is 0.121. The Hall–Kier alpha value is -2.29. The minimum atomic E-state index is -0.590. The highest BCUT2D eigenvalue weighted by molar-refractivity contribution is 5.65. The fraction of sp³-hybridized carbons (Fsp3) is 0.594. The van der Waals surface area contributed by atoms with Crippen LogP contribution in [0.5, 0.6) is 5.75 Å². The lowest BCUT2D eigenvalue weighted by molar-refractivity contribution is 0.0525. The lowest BCUT2D eigenvalue weighted by atomic mass is 9.96. The molecule has 0 spiro atoms. The highest BCUT2D eigenvalue weighted by Gasteiger charge is 2.20. The maximum Gasteiger partial charge on any atom is 0.514 e. The van der Waals surface area contributed by atoms with Gasteiger partial charge in [-0.2, -0.15) is 0 Å². The van der Waals surface area contributed by atoms with Crippen molar-refractivity contribution in [2.24, 2.45) is 0 Å². The van der Waals surface area contributed by atoms with E-state index >= 15 is 0 Å². The van der Waals surface area contributed by atoms with Crippen LogP contribution < -0.4 is 4.74 Å². The van der Waals surface area contributed by atoms with Gasteiger partial charge in [0.2, 0.25) is 0 Å². The Morgan fingerprint density at radius 3 is 2.03 bits per heavy atom. The first kappa shape index (κ1) is 28.9. The molecule has 35 heavy (non-hydrogen) atoms. The molecule has 0 amide bonds. The van der Waals surface area contributed by atoms with Crippen molar-refractivity contribution in [1.82, 2.24) is 0 Å². The van der Waals surface area contributed by atoms with Crippen LogP contribution in [0.1, 0.15) is 127 Å². The van der Waals surface area contributed by atoms with Gasteiger partial charge in [0.1, 0.15) is 11.9 Å². The fourth-order valence-electron chi connectivity index (χ4n) is 4.64. The summed E-state index contributed by atoms with van der Waals surface area (Å²) in [4.78, 5) is 13.0. The molecule has 0 aliphatic heterocycles. The molecule has 1 atom stereocenters. The van der Waals surface area contributed by atoms with Gasteiger partial charge >= 0.3 is 6.16 Å². The molecular weight excluding hydrogens is 432 g/mol. The Bertz CT molecular complexity index is 815. The first-order valence-electron chi connectivity index (χ1n) is 14.2. The molecule has 0 fully saturated rings. The van der Waals surface area contributed by atoms with Gasteiger partial charge in [-0.25, -0.2) is 4.79 Å². The molecule has 0 N–H and O–H groups in total. The van der Waals surface area contributed by atoms with Crippen molar-refractivity contribution in [3.8, 4) is 5.75 Å². The highest BCUT2D eigenvalue weighted by Crippen LogP contribution is 2.29. The van der Waals surface area contributed by atoms with Crippen molar-refractivity contribution in [3.63, 3.8) is 0 Å². The van der Waals surface area contributed by atoms with Gasteiger partial charge in [0, 0.05) is 0 Å². The maximum absolute atomic E-state index is 13.0. The lowest BCUT2D eigenvalue weighted by Gasteiger charge is -2.19. The normalized spacial score (nSPS) is 11.9. The van der Waals surface area contributed by atoms with E-state index in [1.165, 1.54) is 75.3 Å². The van der Waals surface area contributed by atoms with Crippen molar-refractivity contribution in [3.05, 3.63) is 65.2 Å². The Kier molecular flexibility index (Phi) is 14.9. The Labute approximate surface area is 214 Å². The van der Waals surface area contributed by atoms with E-state index in [9.17, 15) is 4.79 Å². The number of ether oxygens (including phenoxy) is 2. The monoisotopic (exact) mass is 480 g/mol.